The van der Waals surface area contributed by atoms with E-state index in [1.807, 2.05) is 19.1 Å². The quantitative estimate of drug-likeness (QED) is 0.779. The monoisotopic (exact) mass is 262 g/mol. The maximum Gasteiger partial charge on any atom is 0.124 e. The Hall–Kier alpha value is -1.06. The van der Waals surface area contributed by atoms with Crippen molar-refractivity contribution in [2.24, 2.45) is 0 Å². The zero-order valence-corrected chi connectivity index (χ0v) is 12.4. The molecule has 1 aliphatic rings. The minimum atomic E-state index is 0.329. The minimum absolute atomic E-state index is 0.329. The van der Waals surface area contributed by atoms with Gasteiger partial charge >= 0.3 is 0 Å². The first kappa shape index (κ1) is 14.4. The van der Waals surface area contributed by atoms with Crippen LogP contribution < -0.4 is 10.1 Å². The van der Waals surface area contributed by atoms with E-state index in [2.05, 4.69) is 36.3 Å². The van der Waals surface area contributed by atoms with Crippen molar-refractivity contribution in [1.29, 1.82) is 0 Å². The van der Waals surface area contributed by atoms with Crippen LogP contribution in [0.5, 0.6) is 5.75 Å². The highest BCUT2D eigenvalue weighted by Crippen LogP contribution is 2.26. The summed E-state index contributed by atoms with van der Waals surface area (Å²) in [5, 5.41) is 3.59. The molecule has 1 saturated carbocycles. The fourth-order valence-electron chi connectivity index (χ4n) is 2.39. The summed E-state index contributed by atoms with van der Waals surface area (Å²) < 4.78 is 5.68. The van der Waals surface area contributed by atoms with Crippen LogP contribution in [0.1, 0.15) is 38.3 Å². The topological polar surface area (TPSA) is 24.5 Å². The number of nitrogens with one attached hydrogen (secondary N) is 1. The molecule has 1 aromatic rings. The molecule has 0 bridgehead atoms. The highest BCUT2D eigenvalue weighted by atomic mass is 16.5. The van der Waals surface area contributed by atoms with Gasteiger partial charge in [-0.1, -0.05) is 18.2 Å². The van der Waals surface area contributed by atoms with Gasteiger partial charge < -0.3 is 15.0 Å². The van der Waals surface area contributed by atoms with Crippen LogP contribution >= 0.6 is 0 Å². The predicted octanol–water partition coefficient (Wildman–Crippen LogP) is 2.83. The molecule has 19 heavy (non-hydrogen) atoms. The van der Waals surface area contributed by atoms with Gasteiger partial charge in [-0.3, -0.25) is 0 Å². The van der Waals surface area contributed by atoms with Gasteiger partial charge in [0.15, 0.2) is 0 Å². The number of nitrogens with zero attached hydrogens (tertiary/aromatic N) is 1. The second kappa shape index (κ2) is 6.92. The van der Waals surface area contributed by atoms with Gasteiger partial charge in [-0.05, 0) is 39.8 Å². The van der Waals surface area contributed by atoms with Crippen LogP contribution in [-0.4, -0.2) is 37.7 Å². The van der Waals surface area contributed by atoms with Crippen molar-refractivity contribution in [2.75, 3.05) is 26.7 Å². The van der Waals surface area contributed by atoms with Crippen molar-refractivity contribution >= 4 is 0 Å². The average molecular weight is 262 g/mol. The molecule has 1 fully saturated rings. The molecule has 2 rings (SSSR count). The molecule has 1 unspecified atom stereocenters. The summed E-state index contributed by atoms with van der Waals surface area (Å²) in [7, 11) is 2.22. The molecular formula is C16H26N2O. The normalized spacial score (nSPS) is 16.6. The SMILES string of the molecule is CCOc1ccccc1C(C)NCCN(C)C1CC1. The van der Waals surface area contributed by atoms with Gasteiger partial charge in [0.2, 0.25) is 0 Å². The average Bonchev–Trinajstić information content (AvgIpc) is 3.24. The molecular weight excluding hydrogens is 236 g/mol. The van der Waals surface area contributed by atoms with Gasteiger partial charge in [0.1, 0.15) is 5.75 Å². The summed E-state index contributed by atoms with van der Waals surface area (Å²) in [4.78, 5) is 2.45. The fourth-order valence-corrected chi connectivity index (χ4v) is 2.39. The van der Waals surface area contributed by atoms with E-state index in [1.165, 1.54) is 18.4 Å². The second-order valence-electron chi connectivity index (χ2n) is 5.36. The minimum Gasteiger partial charge on any atom is -0.494 e. The Kier molecular flexibility index (Phi) is 5.23. The summed E-state index contributed by atoms with van der Waals surface area (Å²) in [5.74, 6) is 1.00. The molecule has 1 aromatic carbocycles. The van der Waals surface area contributed by atoms with Crippen molar-refractivity contribution < 1.29 is 4.74 Å². The van der Waals surface area contributed by atoms with E-state index < -0.39 is 0 Å². The smallest absolute Gasteiger partial charge is 0.124 e. The summed E-state index contributed by atoms with van der Waals surface area (Å²) in [6.07, 6.45) is 2.75. The summed E-state index contributed by atoms with van der Waals surface area (Å²) in [5.41, 5.74) is 1.25. The van der Waals surface area contributed by atoms with Crippen LogP contribution in [0.3, 0.4) is 0 Å². The Morgan fingerprint density at radius 2 is 2.11 bits per heavy atom. The van der Waals surface area contributed by atoms with E-state index in [1.54, 1.807) is 0 Å². The van der Waals surface area contributed by atoms with E-state index in [0.717, 1.165) is 24.9 Å². The Balaban J connectivity index is 1.82. The van der Waals surface area contributed by atoms with Crippen molar-refractivity contribution in [2.45, 2.75) is 38.8 Å². The van der Waals surface area contributed by atoms with E-state index >= 15 is 0 Å². The van der Waals surface area contributed by atoms with E-state index in [4.69, 9.17) is 4.74 Å². The van der Waals surface area contributed by atoms with Crippen LogP contribution in [0.2, 0.25) is 0 Å². The highest BCUT2D eigenvalue weighted by Gasteiger charge is 2.25. The molecule has 0 amide bonds. The third kappa shape index (κ3) is 4.22. The van der Waals surface area contributed by atoms with E-state index in [0.29, 0.717) is 12.6 Å². The number of ether oxygens (including phenoxy) is 1. The lowest BCUT2D eigenvalue weighted by Crippen LogP contribution is -2.32. The lowest BCUT2D eigenvalue weighted by atomic mass is 10.1. The molecule has 3 nitrogen and oxygen atoms in total. The lowest BCUT2D eigenvalue weighted by Gasteiger charge is -2.20. The van der Waals surface area contributed by atoms with Crippen LogP contribution in [0, 0.1) is 0 Å². The molecule has 1 aliphatic carbocycles. The first-order chi connectivity index (χ1) is 9.22. The van der Waals surface area contributed by atoms with Crippen molar-refractivity contribution in [3.63, 3.8) is 0 Å². The molecule has 1 N–H and O–H groups in total. The molecule has 0 aromatic heterocycles. The molecule has 106 valence electrons. The van der Waals surface area contributed by atoms with Gasteiger partial charge in [0.25, 0.3) is 0 Å². The van der Waals surface area contributed by atoms with Crippen molar-refractivity contribution in [3.8, 4) is 5.75 Å². The van der Waals surface area contributed by atoms with Crippen LogP contribution in [0.4, 0.5) is 0 Å². The van der Waals surface area contributed by atoms with E-state index in [9.17, 15) is 0 Å². The number of likely N-dealkylation sites (N-methyl/N-ethyl adjacent to an activating group) is 1. The number of para-hydroxylation sites is 1. The van der Waals surface area contributed by atoms with Gasteiger partial charge in [-0.15, -0.1) is 0 Å². The number of benzene rings is 1. The Morgan fingerprint density at radius 1 is 1.37 bits per heavy atom. The van der Waals surface area contributed by atoms with Crippen LogP contribution in [0.25, 0.3) is 0 Å². The predicted molar refractivity (Wildman–Crippen MR) is 79.7 cm³/mol. The summed E-state index contributed by atoms with van der Waals surface area (Å²) in [6.45, 7) is 7.09. The number of hydrogen-bond donors (Lipinski definition) is 1. The zero-order valence-electron chi connectivity index (χ0n) is 12.4. The lowest BCUT2D eigenvalue weighted by molar-refractivity contribution is 0.311. The maximum absolute atomic E-state index is 5.68. The van der Waals surface area contributed by atoms with Gasteiger partial charge in [-0.2, -0.15) is 0 Å². The molecule has 3 heteroatoms. The standard InChI is InChI=1S/C16H26N2O/c1-4-19-16-8-6-5-7-15(16)13(2)17-11-12-18(3)14-9-10-14/h5-8,13-14,17H,4,9-12H2,1-3H3. The fraction of sp³-hybridized carbons (Fsp3) is 0.625. The molecule has 0 saturated heterocycles. The second-order valence-corrected chi connectivity index (χ2v) is 5.36. The zero-order chi connectivity index (χ0) is 13.7. The maximum atomic E-state index is 5.68. The van der Waals surface area contributed by atoms with Crippen molar-refractivity contribution in [1.82, 2.24) is 10.2 Å². The first-order valence-corrected chi connectivity index (χ1v) is 7.37. The molecule has 1 atom stereocenters. The van der Waals surface area contributed by atoms with Gasteiger partial charge in [0.05, 0.1) is 6.61 Å². The molecule has 0 radical (unpaired) electrons. The third-order valence-corrected chi connectivity index (χ3v) is 3.77. The number of hydrogen-bond acceptors (Lipinski definition) is 3. The van der Waals surface area contributed by atoms with E-state index in [-0.39, 0.29) is 0 Å². The Morgan fingerprint density at radius 3 is 2.79 bits per heavy atom. The van der Waals surface area contributed by atoms with Gasteiger partial charge in [0, 0.05) is 30.7 Å². The van der Waals surface area contributed by atoms with Gasteiger partial charge in [-0.25, -0.2) is 0 Å². The molecule has 0 aliphatic heterocycles. The van der Waals surface area contributed by atoms with Crippen LogP contribution in [0.15, 0.2) is 24.3 Å². The highest BCUT2D eigenvalue weighted by molar-refractivity contribution is 5.35. The third-order valence-electron chi connectivity index (χ3n) is 3.77. The Bertz CT molecular complexity index is 390. The largest absolute Gasteiger partial charge is 0.494 e. The number of rotatable bonds is 8. The molecule has 0 heterocycles. The summed E-state index contributed by atoms with van der Waals surface area (Å²) >= 11 is 0. The van der Waals surface area contributed by atoms with Crippen molar-refractivity contribution in [3.05, 3.63) is 29.8 Å². The summed E-state index contributed by atoms with van der Waals surface area (Å²) in [6, 6.07) is 9.47. The van der Waals surface area contributed by atoms with Crippen LogP contribution in [-0.2, 0) is 0 Å². The Labute approximate surface area is 116 Å². The first-order valence-electron chi connectivity index (χ1n) is 7.37. The molecule has 0 spiro atoms.